The summed E-state index contributed by atoms with van der Waals surface area (Å²) < 4.78 is 17.4. The first kappa shape index (κ1) is 25.5. The lowest BCUT2D eigenvalue weighted by Gasteiger charge is -2.14. The van der Waals surface area contributed by atoms with Crippen molar-refractivity contribution < 1.29 is 23.6 Å². The van der Waals surface area contributed by atoms with Crippen LogP contribution in [-0.4, -0.2) is 24.2 Å². The minimum Gasteiger partial charge on any atom is -0.493 e. The van der Waals surface area contributed by atoms with Crippen LogP contribution in [0, 0.1) is 10.1 Å². The van der Waals surface area contributed by atoms with Gasteiger partial charge in [-0.1, -0.05) is 29.3 Å². The molecule has 9 nitrogen and oxygen atoms in total. The normalized spacial score (nSPS) is 11.1. The number of benzene rings is 3. The van der Waals surface area contributed by atoms with Crippen LogP contribution in [0.1, 0.15) is 21.7 Å². The van der Waals surface area contributed by atoms with E-state index in [2.05, 4.69) is 26.5 Å². The molecule has 0 atom stereocenters. The molecule has 36 heavy (non-hydrogen) atoms. The predicted molar refractivity (Wildman–Crippen MR) is 139 cm³/mol. The number of furan rings is 1. The Bertz CT molecular complexity index is 1500. The van der Waals surface area contributed by atoms with Crippen molar-refractivity contribution in [3.63, 3.8) is 0 Å². The van der Waals surface area contributed by atoms with E-state index in [4.69, 9.17) is 37.1 Å². The highest BCUT2D eigenvalue weighted by Crippen LogP contribution is 2.37. The fraction of sp³-hybridized carbons (Fsp3) is 0.0833. The summed E-state index contributed by atoms with van der Waals surface area (Å²) in [6.45, 7) is 0.232. The van der Waals surface area contributed by atoms with Crippen molar-refractivity contribution in [2.45, 2.75) is 6.61 Å². The quantitative estimate of drug-likeness (QED) is 0.137. The molecule has 0 saturated heterocycles. The smallest absolute Gasteiger partial charge is 0.307 e. The molecule has 0 aliphatic rings. The standard InChI is InChI=1S/C24H16BrCl2N3O6/c1-34-21-8-14(6-17(25)23(21)35-12-13-2-4-18(26)19(27)7-13)11-28-29-24(31)22-10-15-9-16(30(32)33)3-5-20(15)36-22/h2-11H,12H2,1H3,(H,29,31)/b28-11-. The van der Waals surface area contributed by atoms with Crippen molar-refractivity contribution in [2.24, 2.45) is 5.10 Å². The van der Waals surface area contributed by atoms with Gasteiger partial charge in [-0.15, -0.1) is 0 Å². The number of hydrazone groups is 1. The first-order valence-corrected chi connectivity index (χ1v) is 11.8. The zero-order chi connectivity index (χ0) is 25.8. The molecule has 1 amide bonds. The number of carbonyl (C=O) groups is 1. The summed E-state index contributed by atoms with van der Waals surface area (Å²) in [6.07, 6.45) is 1.42. The third-order valence-electron chi connectivity index (χ3n) is 4.93. The van der Waals surface area contributed by atoms with E-state index in [1.807, 2.05) is 6.07 Å². The molecule has 1 heterocycles. The molecule has 0 bridgehead atoms. The van der Waals surface area contributed by atoms with Gasteiger partial charge >= 0.3 is 5.91 Å². The Labute approximate surface area is 222 Å². The lowest BCUT2D eigenvalue weighted by molar-refractivity contribution is -0.384. The molecule has 4 rings (SSSR count). The molecule has 0 aliphatic heterocycles. The molecule has 0 spiro atoms. The summed E-state index contributed by atoms with van der Waals surface area (Å²) in [7, 11) is 1.50. The zero-order valence-corrected chi connectivity index (χ0v) is 21.6. The molecule has 0 fully saturated rings. The van der Waals surface area contributed by atoms with Crippen molar-refractivity contribution in [3.8, 4) is 11.5 Å². The summed E-state index contributed by atoms with van der Waals surface area (Å²) in [5, 5.41) is 16.2. The van der Waals surface area contributed by atoms with E-state index in [1.54, 1.807) is 24.3 Å². The molecular weight excluding hydrogens is 577 g/mol. The van der Waals surface area contributed by atoms with Gasteiger partial charge in [-0.25, -0.2) is 5.43 Å². The van der Waals surface area contributed by atoms with Crippen molar-refractivity contribution in [1.82, 2.24) is 5.43 Å². The monoisotopic (exact) mass is 591 g/mol. The van der Waals surface area contributed by atoms with Crippen LogP contribution in [-0.2, 0) is 6.61 Å². The van der Waals surface area contributed by atoms with E-state index >= 15 is 0 Å². The summed E-state index contributed by atoms with van der Waals surface area (Å²) in [6, 6.07) is 14.1. The molecule has 184 valence electrons. The van der Waals surface area contributed by atoms with E-state index in [1.165, 1.54) is 37.6 Å². The second kappa shape index (κ2) is 11.0. The number of nitro groups is 1. The molecule has 4 aromatic rings. The number of rotatable bonds is 8. The first-order valence-electron chi connectivity index (χ1n) is 10.2. The van der Waals surface area contributed by atoms with E-state index in [0.29, 0.717) is 42.5 Å². The van der Waals surface area contributed by atoms with Crippen LogP contribution < -0.4 is 14.9 Å². The fourth-order valence-electron chi connectivity index (χ4n) is 3.22. The summed E-state index contributed by atoms with van der Waals surface area (Å²) in [5.74, 6) is 0.266. The second-order valence-corrected chi connectivity index (χ2v) is 9.03. The van der Waals surface area contributed by atoms with Crippen LogP contribution >= 0.6 is 39.1 Å². The minimum absolute atomic E-state index is 0.0348. The molecule has 0 aliphatic carbocycles. The van der Waals surface area contributed by atoms with Crippen molar-refractivity contribution in [1.29, 1.82) is 0 Å². The Kier molecular flexibility index (Phi) is 7.78. The third kappa shape index (κ3) is 5.78. The van der Waals surface area contributed by atoms with Gasteiger partial charge in [0.25, 0.3) is 5.69 Å². The molecule has 0 unspecified atom stereocenters. The van der Waals surface area contributed by atoms with Gasteiger partial charge < -0.3 is 13.9 Å². The highest BCUT2D eigenvalue weighted by atomic mass is 79.9. The van der Waals surface area contributed by atoms with Crippen molar-refractivity contribution in [2.75, 3.05) is 7.11 Å². The molecule has 1 aromatic heterocycles. The van der Waals surface area contributed by atoms with Gasteiger partial charge in [0.05, 0.1) is 32.8 Å². The van der Waals surface area contributed by atoms with Crippen molar-refractivity contribution >= 4 is 67.9 Å². The van der Waals surface area contributed by atoms with Crippen LogP contribution in [0.5, 0.6) is 11.5 Å². The topological polar surface area (TPSA) is 116 Å². The second-order valence-electron chi connectivity index (χ2n) is 7.36. The number of ether oxygens (including phenoxy) is 2. The molecule has 3 aromatic carbocycles. The van der Waals surface area contributed by atoms with Gasteiger partial charge in [0.15, 0.2) is 17.3 Å². The molecule has 12 heteroatoms. The SMILES string of the molecule is COc1cc(/C=N\NC(=O)c2cc3cc([N+](=O)[O-])ccc3o2)cc(Br)c1OCc1ccc(Cl)c(Cl)c1. The Balaban J connectivity index is 1.44. The number of amides is 1. The number of methoxy groups -OCH3 is 1. The van der Waals surface area contributed by atoms with E-state index in [-0.39, 0.29) is 18.1 Å². The van der Waals surface area contributed by atoms with Gasteiger partial charge in [0, 0.05) is 17.5 Å². The van der Waals surface area contributed by atoms with Gasteiger partial charge in [-0.3, -0.25) is 14.9 Å². The van der Waals surface area contributed by atoms with Gasteiger partial charge in [0.1, 0.15) is 12.2 Å². The maximum absolute atomic E-state index is 12.4. The van der Waals surface area contributed by atoms with E-state index in [0.717, 1.165) is 5.56 Å². The van der Waals surface area contributed by atoms with E-state index in [9.17, 15) is 14.9 Å². The minimum atomic E-state index is -0.613. The largest absolute Gasteiger partial charge is 0.493 e. The van der Waals surface area contributed by atoms with E-state index < -0.39 is 10.8 Å². The Morgan fingerprint density at radius 1 is 1.17 bits per heavy atom. The molecule has 1 N–H and O–H groups in total. The Hall–Kier alpha value is -3.60. The lowest BCUT2D eigenvalue weighted by atomic mass is 10.2. The third-order valence-corrected chi connectivity index (χ3v) is 6.26. The number of hydrogen-bond acceptors (Lipinski definition) is 7. The van der Waals surface area contributed by atoms with Crippen LogP contribution in [0.2, 0.25) is 10.0 Å². The number of halogens is 3. The van der Waals surface area contributed by atoms with Gasteiger partial charge in [0.2, 0.25) is 0 Å². The summed E-state index contributed by atoms with van der Waals surface area (Å²) in [4.78, 5) is 22.8. The lowest BCUT2D eigenvalue weighted by Crippen LogP contribution is -2.16. The van der Waals surface area contributed by atoms with Gasteiger partial charge in [-0.2, -0.15) is 5.10 Å². The summed E-state index contributed by atoms with van der Waals surface area (Å²) >= 11 is 15.5. The van der Waals surface area contributed by atoms with Crippen LogP contribution in [0.4, 0.5) is 5.69 Å². The highest BCUT2D eigenvalue weighted by Gasteiger charge is 2.15. The number of non-ortho nitro benzene ring substituents is 1. The number of nitrogens with one attached hydrogen (secondary N) is 1. The fourth-order valence-corrected chi connectivity index (χ4v) is 4.11. The highest BCUT2D eigenvalue weighted by molar-refractivity contribution is 9.10. The Morgan fingerprint density at radius 2 is 1.97 bits per heavy atom. The zero-order valence-electron chi connectivity index (χ0n) is 18.5. The maximum atomic E-state index is 12.4. The number of nitrogens with zero attached hydrogens (tertiary/aromatic N) is 2. The predicted octanol–water partition coefficient (Wildman–Crippen LogP) is 6.76. The molecule has 0 saturated carbocycles. The van der Waals surface area contributed by atoms with Crippen molar-refractivity contribution in [3.05, 3.63) is 96.1 Å². The number of hydrogen-bond donors (Lipinski definition) is 1. The average molecular weight is 593 g/mol. The number of fused-ring (bicyclic) bond motifs is 1. The molecule has 0 radical (unpaired) electrons. The summed E-state index contributed by atoms with van der Waals surface area (Å²) in [5.41, 5.74) is 4.05. The van der Waals surface area contributed by atoms with Gasteiger partial charge in [-0.05, 0) is 63.5 Å². The Morgan fingerprint density at radius 3 is 2.69 bits per heavy atom. The number of nitro benzene ring substituents is 1. The average Bonchev–Trinajstić information content (AvgIpc) is 3.28. The first-order chi connectivity index (χ1) is 17.2. The van der Waals surface area contributed by atoms with Crippen LogP contribution in [0.15, 0.2) is 68.6 Å². The maximum Gasteiger partial charge on any atom is 0.307 e. The van der Waals surface area contributed by atoms with Crippen LogP contribution in [0.3, 0.4) is 0 Å². The number of carbonyl (C=O) groups excluding carboxylic acids is 1. The molecular formula is C24H16BrCl2N3O6. The van der Waals surface area contributed by atoms with Crippen LogP contribution in [0.25, 0.3) is 11.0 Å².